The number of nitrogens with one attached hydrogen (secondary N) is 1. The number of benzene rings is 2. The number of fused-ring (bicyclic) bond motifs is 1. The highest BCUT2D eigenvalue weighted by atomic mass is 19.3. The summed E-state index contributed by atoms with van der Waals surface area (Å²) in [5.41, 5.74) is 4.90. The number of carbonyl (C=O) groups is 1. The van der Waals surface area contributed by atoms with Crippen LogP contribution in [0.1, 0.15) is 61.4 Å². The standard InChI is InChI=1S/C28H34F2N2O2/c1-18-11-24(12-18)27(33)31-19(2)21-5-3-20(4-6-21)15-32-10-9-22-13-26(8-7-23(22)16-32)34-17-25-14-28(25,29)30/h3-8,13,18-19,24-25H,9-12,14-17H2,1-2H3,(H,31,33)/t18-,19-,24-,25?/m0/s1. The molecular formula is C28H34F2N2O2. The fraction of sp³-hybridized carbons (Fsp3) is 0.536. The Hall–Kier alpha value is -2.47. The normalized spacial score (nSPS) is 26.2. The third-order valence-corrected chi connectivity index (χ3v) is 7.67. The molecule has 1 aliphatic heterocycles. The summed E-state index contributed by atoms with van der Waals surface area (Å²) >= 11 is 0. The van der Waals surface area contributed by atoms with Gasteiger partial charge in [0.05, 0.1) is 18.6 Å². The van der Waals surface area contributed by atoms with Crippen LogP contribution >= 0.6 is 0 Å². The highest BCUT2D eigenvalue weighted by Crippen LogP contribution is 2.48. The van der Waals surface area contributed by atoms with E-state index in [0.717, 1.165) is 44.5 Å². The number of amides is 1. The summed E-state index contributed by atoms with van der Waals surface area (Å²) in [6.45, 7) is 7.02. The number of hydrogen-bond donors (Lipinski definition) is 1. The minimum absolute atomic E-state index is 0.0156. The predicted molar refractivity (Wildman–Crippen MR) is 128 cm³/mol. The summed E-state index contributed by atoms with van der Waals surface area (Å²) < 4.78 is 31.7. The maximum absolute atomic E-state index is 13.1. The molecule has 0 saturated heterocycles. The molecule has 2 aliphatic carbocycles. The molecular weight excluding hydrogens is 434 g/mol. The Labute approximate surface area is 200 Å². The van der Waals surface area contributed by atoms with Crippen molar-refractivity contribution in [2.45, 2.75) is 64.6 Å². The largest absolute Gasteiger partial charge is 0.493 e. The molecule has 2 atom stereocenters. The fourth-order valence-corrected chi connectivity index (χ4v) is 5.16. The number of halogens is 2. The Morgan fingerprint density at radius 3 is 2.59 bits per heavy atom. The monoisotopic (exact) mass is 468 g/mol. The molecule has 2 fully saturated rings. The van der Waals surface area contributed by atoms with Gasteiger partial charge in [0.1, 0.15) is 5.75 Å². The smallest absolute Gasteiger partial charge is 0.255 e. The number of nitrogens with zero attached hydrogens (tertiary/aromatic N) is 1. The van der Waals surface area contributed by atoms with E-state index in [1.807, 2.05) is 19.1 Å². The molecule has 1 N–H and O–H groups in total. The van der Waals surface area contributed by atoms with Crippen LogP contribution < -0.4 is 10.1 Å². The molecule has 4 nitrogen and oxygen atoms in total. The fourth-order valence-electron chi connectivity index (χ4n) is 5.16. The van der Waals surface area contributed by atoms with Crippen LogP contribution in [-0.4, -0.2) is 29.9 Å². The lowest BCUT2D eigenvalue weighted by molar-refractivity contribution is -0.129. The maximum Gasteiger partial charge on any atom is 0.255 e. The van der Waals surface area contributed by atoms with Crippen molar-refractivity contribution in [3.63, 3.8) is 0 Å². The second-order valence-electron chi connectivity index (χ2n) is 10.6. The van der Waals surface area contributed by atoms with Gasteiger partial charge in [-0.3, -0.25) is 9.69 Å². The first kappa shape index (κ1) is 23.3. The van der Waals surface area contributed by atoms with E-state index in [9.17, 15) is 13.6 Å². The molecule has 0 spiro atoms. The first-order valence-electron chi connectivity index (χ1n) is 12.5. The summed E-state index contributed by atoms with van der Waals surface area (Å²) in [6, 6.07) is 14.6. The average Bonchev–Trinajstić information content (AvgIpc) is 3.42. The number of carbonyl (C=O) groups excluding carboxylic acids is 1. The molecule has 0 radical (unpaired) electrons. The van der Waals surface area contributed by atoms with Crippen LogP contribution in [-0.2, 0) is 24.3 Å². The summed E-state index contributed by atoms with van der Waals surface area (Å²) in [6.07, 6.45) is 2.88. The zero-order valence-corrected chi connectivity index (χ0v) is 20.0. The van der Waals surface area contributed by atoms with E-state index in [-0.39, 0.29) is 30.9 Å². The topological polar surface area (TPSA) is 41.6 Å². The van der Waals surface area contributed by atoms with Crippen molar-refractivity contribution in [3.8, 4) is 5.75 Å². The van der Waals surface area contributed by atoms with Gasteiger partial charge in [-0.2, -0.15) is 0 Å². The second-order valence-corrected chi connectivity index (χ2v) is 10.6. The van der Waals surface area contributed by atoms with Gasteiger partial charge < -0.3 is 10.1 Å². The third kappa shape index (κ3) is 5.27. The van der Waals surface area contributed by atoms with Crippen LogP contribution in [0.4, 0.5) is 8.78 Å². The van der Waals surface area contributed by atoms with Gasteiger partial charge in [0, 0.05) is 32.0 Å². The number of alkyl halides is 2. The van der Waals surface area contributed by atoms with Gasteiger partial charge in [-0.05, 0) is 66.5 Å². The number of ether oxygens (including phenoxy) is 1. The second kappa shape index (κ2) is 9.29. The Morgan fingerprint density at radius 2 is 1.91 bits per heavy atom. The summed E-state index contributed by atoms with van der Waals surface area (Å²) in [5.74, 6) is -1.43. The van der Waals surface area contributed by atoms with Gasteiger partial charge in [-0.15, -0.1) is 0 Å². The number of rotatable bonds is 8. The van der Waals surface area contributed by atoms with Crippen LogP contribution in [0.3, 0.4) is 0 Å². The van der Waals surface area contributed by atoms with Crippen molar-refractivity contribution in [2.75, 3.05) is 13.2 Å². The Morgan fingerprint density at radius 1 is 1.18 bits per heavy atom. The molecule has 1 unspecified atom stereocenters. The van der Waals surface area contributed by atoms with Crippen LogP contribution in [0.2, 0.25) is 0 Å². The lowest BCUT2D eigenvalue weighted by Crippen LogP contribution is -2.39. The first-order chi connectivity index (χ1) is 16.3. The van der Waals surface area contributed by atoms with Crippen molar-refractivity contribution in [1.29, 1.82) is 0 Å². The maximum atomic E-state index is 13.1. The summed E-state index contributed by atoms with van der Waals surface area (Å²) in [5, 5.41) is 3.16. The van der Waals surface area contributed by atoms with E-state index >= 15 is 0 Å². The minimum atomic E-state index is -2.53. The highest BCUT2D eigenvalue weighted by molar-refractivity contribution is 5.79. The Balaban J connectivity index is 1.11. The van der Waals surface area contributed by atoms with Gasteiger partial charge >= 0.3 is 0 Å². The Bertz CT molecular complexity index is 1030. The molecule has 0 aromatic heterocycles. The van der Waals surface area contributed by atoms with Gasteiger partial charge in [0.2, 0.25) is 5.91 Å². The van der Waals surface area contributed by atoms with E-state index in [0.29, 0.717) is 11.7 Å². The zero-order valence-electron chi connectivity index (χ0n) is 20.0. The first-order valence-corrected chi connectivity index (χ1v) is 12.5. The van der Waals surface area contributed by atoms with E-state index in [4.69, 9.17) is 4.74 Å². The SMILES string of the molecule is C[C@H](NC(=O)[C@H]1C[C@H](C)C1)c1ccc(CN2CCc3cc(OCC4CC4(F)F)ccc3C2)cc1. The van der Waals surface area contributed by atoms with Crippen LogP contribution in [0.25, 0.3) is 0 Å². The molecule has 182 valence electrons. The molecule has 2 aromatic rings. The number of hydrogen-bond acceptors (Lipinski definition) is 3. The van der Waals surface area contributed by atoms with Crippen molar-refractivity contribution in [2.24, 2.45) is 17.8 Å². The van der Waals surface area contributed by atoms with Crippen molar-refractivity contribution in [1.82, 2.24) is 10.2 Å². The molecule has 6 heteroatoms. The molecule has 34 heavy (non-hydrogen) atoms. The highest BCUT2D eigenvalue weighted by Gasteiger charge is 2.57. The molecule has 2 saturated carbocycles. The van der Waals surface area contributed by atoms with Crippen molar-refractivity contribution >= 4 is 5.91 Å². The lowest BCUT2D eigenvalue weighted by Gasteiger charge is -2.32. The van der Waals surface area contributed by atoms with Crippen LogP contribution in [0.5, 0.6) is 5.75 Å². The molecule has 2 aromatic carbocycles. The van der Waals surface area contributed by atoms with E-state index in [1.54, 1.807) is 0 Å². The third-order valence-electron chi connectivity index (χ3n) is 7.67. The van der Waals surface area contributed by atoms with Gasteiger partial charge in [0.25, 0.3) is 5.92 Å². The zero-order chi connectivity index (χ0) is 23.9. The average molecular weight is 469 g/mol. The van der Waals surface area contributed by atoms with Gasteiger partial charge in [-0.25, -0.2) is 8.78 Å². The van der Waals surface area contributed by atoms with Gasteiger partial charge in [-0.1, -0.05) is 37.3 Å². The summed E-state index contributed by atoms with van der Waals surface area (Å²) in [4.78, 5) is 14.8. The molecule has 3 aliphatic rings. The molecule has 0 bridgehead atoms. The molecule has 5 rings (SSSR count). The van der Waals surface area contributed by atoms with Crippen LogP contribution in [0, 0.1) is 17.8 Å². The molecule has 1 amide bonds. The summed E-state index contributed by atoms with van der Waals surface area (Å²) in [7, 11) is 0. The van der Waals surface area contributed by atoms with E-state index in [2.05, 4.69) is 47.5 Å². The predicted octanol–water partition coefficient (Wildman–Crippen LogP) is 5.50. The van der Waals surface area contributed by atoms with Crippen molar-refractivity contribution in [3.05, 3.63) is 64.7 Å². The van der Waals surface area contributed by atoms with Crippen LogP contribution in [0.15, 0.2) is 42.5 Å². The Kier molecular flexibility index (Phi) is 6.36. The lowest BCUT2D eigenvalue weighted by atomic mass is 9.75. The molecule has 1 heterocycles. The minimum Gasteiger partial charge on any atom is -0.493 e. The van der Waals surface area contributed by atoms with E-state index < -0.39 is 11.8 Å². The quantitative estimate of drug-likeness (QED) is 0.556. The van der Waals surface area contributed by atoms with E-state index in [1.165, 1.54) is 16.7 Å². The van der Waals surface area contributed by atoms with Gasteiger partial charge in [0.15, 0.2) is 0 Å². The van der Waals surface area contributed by atoms with Crippen molar-refractivity contribution < 1.29 is 18.3 Å².